The Morgan fingerprint density at radius 2 is 1.58 bits per heavy atom. The maximum absolute atomic E-state index is 10.4. The Kier molecular flexibility index (Phi) is 4.35. The van der Waals surface area contributed by atoms with E-state index >= 15 is 0 Å². The van der Waals surface area contributed by atoms with Gasteiger partial charge < -0.3 is 10.8 Å². The highest BCUT2D eigenvalue weighted by molar-refractivity contribution is 5.31. The number of rotatable bonds is 4. The van der Waals surface area contributed by atoms with Gasteiger partial charge in [0.15, 0.2) is 0 Å². The summed E-state index contributed by atoms with van der Waals surface area (Å²) in [5, 5.41) is 10.4. The Labute approximate surface area is 114 Å². The molecule has 2 nitrogen and oxygen atoms in total. The fourth-order valence-electron chi connectivity index (χ4n) is 2.43. The van der Waals surface area contributed by atoms with Crippen molar-refractivity contribution in [3.8, 4) is 0 Å². The molecular weight excluding hydrogens is 234 g/mol. The number of aliphatic hydroxyl groups is 1. The second-order valence-corrected chi connectivity index (χ2v) is 5.22. The van der Waals surface area contributed by atoms with Gasteiger partial charge in [0.25, 0.3) is 0 Å². The lowest BCUT2D eigenvalue weighted by atomic mass is 9.95. The van der Waals surface area contributed by atoms with Crippen LogP contribution in [0.3, 0.4) is 0 Å². The highest BCUT2D eigenvalue weighted by atomic mass is 16.3. The van der Waals surface area contributed by atoms with E-state index in [4.69, 9.17) is 5.73 Å². The lowest BCUT2D eigenvalue weighted by Crippen LogP contribution is -2.30. The molecular formula is C17H21NO. The van der Waals surface area contributed by atoms with Gasteiger partial charge in [-0.1, -0.05) is 59.7 Å². The van der Waals surface area contributed by atoms with E-state index < -0.39 is 6.10 Å². The number of benzene rings is 2. The maximum atomic E-state index is 10.4. The zero-order chi connectivity index (χ0) is 13.8. The molecule has 0 bridgehead atoms. The van der Waals surface area contributed by atoms with Gasteiger partial charge in [-0.3, -0.25) is 0 Å². The van der Waals surface area contributed by atoms with Crippen molar-refractivity contribution in [3.63, 3.8) is 0 Å². The van der Waals surface area contributed by atoms with Crippen LogP contribution in [0.25, 0.3) is 0 Å². The average molecular weight is 255 g/mol. The van der Waals surface area contributed by atoms with E-state index in [1.54, 1.807) is 0 Å². The third kappa shape index (κ3) is 3.66. The van der Waals surface area contributed by atoms with Crippen molar-refractivity contribution in [1.29, 1.82) is 0 Å². The molecule has 2 atom stereocenters. The molecule has 0 aliphatic carbocycles. The van der Waals surface area contributed by atoms with Crippen LogP contribution in [0, 0.1) is 13.8 Å². The van der Waals surface area contributed by atoms with Crippen molar-refractivity contribution in [2.24, 2.45) is 5.73 Å². The predicted molar refractivity (Wildman–Crippen MR) is 79.0 cm³/mol. The molecule has 2 aromatic rings. The molecule has 0 aromatic heterocycles. The minimum Gasteiger partial charge on any atom is -0.387 e. The third-order valence-corrected chi connectivity index (χ3v) is 3.31. The second kappa shape index (κ2) is 6.00. The van der Waals surface area contributed by atoms with Gasteiger partial charge in [0.1, 0.15) is 0 Å². The van der Waals surface area contributed by atoms with Gasteiger partial charge in [-0.15, -0.1) is 0 Å². The summed E-state index contributed by atoms with van der Waals surface area (Å²) in [7, 11) is 0. The molecule has 2 rings (SSSR count). The summed E-state index contributed by atoms with van der Waals surface area (Å²) in [5.74, 6) is 0. The zero-order valence-electron chi connectivity index (χ0n) is 11.5. The Morgan fingerprint density at radius 1 is 1.00 bits per heavy atom. The molecule has 0 saturated heterocycles. The third-order valence-electron chi connectivity index (χ3n) is 3.31. The predicted octanol–water partition coefficient (Wildman–Crippen LogP) is 2.91. The molecule has 0 amide bonds. The van der Waals surface area contributed by atoms with Crippen LogP contribution in [0.15, 0.2) is 48.5 Å². The van der Waals surface area contributed by atoms with Crippen molar-refractivity contribution in [2.45, 2.75) is 32.4 Å². The van der Waals surface area contributed by atoms with Gasteiger partial charge in [0.2, 0.25) is 0 Å². The molecule has 19 heavy (non-hydrogen) atoms. The van der Waals surface area contributed by atoms with E-state index in [1.807, 2.05) is 56.3 Å². The van der Waals surface area contributed by atoms with Crippen molar-refractivity contribution in [1.82, 2.24) is 0 Å². The van der Waals surface area contributed by atoms with Crippen molar-refractivity contribution in [3.05, 3.63) is 70.8 Å². The summed E-state index contributed by atoms with van der Waals surface area (Å²) in [4.78, 5) is 0. The standard InChI is InChI=1S/C17H21NO/c1-12-8-13(2)10-15(9-12)17(19)16(18)11-14-6-4-3-5-7-14/h3-10,16-17,19H,11,18H2,1-2H3. The first-order chi connectivity index (χ1) is 9.06. The van der Waals surface area contributed by atoms with E-state index in [1.165, 1.54) is 0 Å². The van der Waals surface area contributed by atoms with Gasteiger partial charge in [0, 0.05) is 6.04 Å². The molecule has 0 radical (unpaired) electrons. The first-order valence-electron chi connectivity index (χ1n) is 6.62. The summed E-state index contributed by atoms with van der Waals surface area (Å²) < 4.78 is 0. The zero-order valence-corrected chi connectivity index (χ0v) is 11.5. The summed E-state index contributed by atoms with van der Waals surface area (Å²) >= 11 is 0. The van der Waals surface area contributed by atoms with Crippen LogP contribution in [-0.2, 0) is 6.42 Å². The normalized spacial score (nSPS) is 14.1. The SMILES string of the molecule is Cc1cc(C)cc(C(O)C(N)Cc2ccccc2)c1. The second-order valence-electron chi connectivity index (χ2n) is 5.22. The molecule has 0 saturated carbocycles. The number of hydrogen-bond acceptors (Lipinski definition) is 2. The summed E-state index contributed by atoms with van der Waals surface area (Å²) in [6.45, 7) is 4.07. The summed E-state index contributed by atoms with van der Waals surface area (Å²) in [6, 6.07) is 15.8. The van der Waals surface area contributed by atoms with Crippen molar-refractivity contribution in [2.75, 3.05) is 0 Å². The number of aliphatic hydroxyl groups excluding tert-OH is 1. The molecule has 0 heterocycles. The quantitative estimate of drug-likeness (QED) is 0.882. The molecule has 2 unspecified atom stereocenters. The fourth-order valence-corrected chi connectivity index (χ4v) is 2.43. The van der Waals surface area contributed by atoms with E-state index in [9.17, 15) is 5.11 Å². The Morgan fingerprint density at radius 3 is 2.16 bits per heavy atom. The number of hydrogen-bond donors (Lipinski definition) is 2. The largest absolute Gasteiger partial charge is 0.387 e. The molecule has 3 N–H and O–H groups in total. The molecule has 2 heteroatoms. The van der Waals surface area contributed by atoms with Crippen molar-refractivity contribution >= 4 is 0 Å². The minimum atomic E-state index is -0.626. The first kappa shape index (κ1) is 13.8. The molecule has 2 aromatic carbocycles. The summed E-state index contributed by atoms with van der Waals surface area (Å²) in [6.07, 6.45) is 0.0495. The summed E-state index contributed by atoms with van der Waals surface area (Å²) in [5.41, 5.74) is 10.5. The smallest absolute Gasteiger partial charge is 0.0944 e. The number of nitrogens with two attached hydrogens (primary N) is 1. The Bertz CT molecular complexity index is 516. The lowest BCUT2D eigenvalue weighted by Gasteiger charge is -2.20. The molecule has 0 fully saturated rings. The van der Waals surface area contributed by atoms with Gasteiger partial charge in [-0.25, -0.2) is 0 Å². The van der Waals surface area contributed by atoms with Crippen LogP contribution in [0.5, 0.6) is 0 Å². The first-order valence-corrected chi connectivity index (χ1v) is 6.62. The highest BCUT2D eigenvalue weighted by Gasteiger charge is 2.17. The van der Waals surface area contributed by atoms with Crippen LogP contribution in [0.2, 0.25) is 0 Å². The Hall–Kier alpha value is -1.64. The van der Waals surface area contributed by atoms with E-state index in [-0.39, 0.29) is 6.04 Å². The highest BCUT2D eigenvalue weighted by Crippen LogP contribution is 2.21. The molecule has 0 spiro atoms. The van der Waals surface area contributed by atoms with Gasteiger partial charge in [-0.2, -0.15) is 0 Å². The van der Waals surface area contributed by atoms with Crippen LogP contribution in [0.4, 0.5) is 0 Å². The topological polar surface area (TPSA) is 46.2 Å². The van der Waals surface area contributed by atoms with E-state index in [2.05, 4.69) is 6.07 Å². The molecule has 100 valence electrons. The Balaban J connectivity index is 2.12. The van der Waals surface area contributed by atoms with E-state index in [0.29, 0.717) is 6.42 Å². The molecule has 0 aliphatic rings. The lowest BCUT2D eigenvalue weighted by molar-refractivity contribution is 0.146. The van der Waals surface area contributed by atoms with Gasteiger partial charge in [0.05, 0.1) is 6.10 Å². The molecule has 0 aliphatic heterocycles. The fraction of sp³-hybridized carbons (Fsp3) is 0.294. The minimum absolute atomic E-state index is 0.288. The van der Waals surface area contributed by atoms with E-state index in [0.717, 1.165) is 22.3 Å². The van der Waals surface area contributed by atoms with Gasteiger partial charge in [-0.05, 0) is 31.4 Å². The van der Waals surface area contributed by atoms with Crippen LogP contribution >= 0.6 is 0 Å². The maximum Gasteiger partial charge on any atom is 0.0944 e. The van der Waals surface area contributed by atoms with Crippen LogP contribution < -0.4 is 5.73 Å². The average Bonchev–Trinajstić information content (AvgIpc) is 2.37. The number of aryl methyl sites for hydroxylation is 2. The van der Waals surface area contributed by atoms with Crippen molar-refractivity contribution < 1.29 is 5.11 Å². The van der Waals surface area contributed by atoms with Crippen LogP contribution in [0.1, 0.15) is 28.4 Å². The van der Waals surface area contributed by atoms with Gasteiger partial charge >= 0.3 is 0 Å². The van der Waals surface area contributed by atoms with Crippen LogP contribution in [-0.4, -0.2) is 11.1 Å². The monoisotopic (exact) mass is 255 g/mol.